The third kappa shape index (κ3) is 6.42. The van der Waals surface area contributed by atoms with Crippen molar-refractivity contribution in [2.45, 2.75) is 13.0 Å². The van der Waals surface area contributed by atoms with E-state index in [0.717, 1.165) is 0 Å². The van der Waals surface area contributed by atoms with E-state index in [0.29, 0.717) is 31.7 Å². The molecule has 1 heterocycles. The van der Waals surface area contributed by atoms with Crippen molar-refractivity contribution in [3.8, 4) is 0 Å². The lowest BCUT2D eigenvalue weighted by Gasteiger charge is -2.12. The molecule has 0 aliphatic carbocycles. The van der Waals surface area contributed by atoms with Gasteiger partial charge in [0.15, 0.2) is 0 Å². The zero-order chi connectivity index (χ0) is 16.0. The molecule has 0 aliphatic rings. The van der Waals surface area contributed by atoms with Crippen LogP contribution in [0.5, 0.6) is 0 Å². The van der Waals surface area contributed by atoms with E-state index in [1.807, 2.05) is 19.0 Å². The Kier molecular flexibility index (Phi) is 6.59. The first-order valence-corrected chi connectivity index (χ1v) is 8.45. The summed E-state index contributed by atoms with van der Waals surface area (Å²) >= 11 is 5.99. The highest BCUT2D eigenvalue weighted by molar-refractivity contribution is 7.89. The lowest BCUT2D eigenvalue weighted by Crippen LogP contribution is -2.29. The lowest BCUT2D eigenvalue weighted by atomic mass is 10.4. The van der Waals surface area contributed by atoms with Gasteiger partial charge >= 0.3 is 0 Å². The fraction of sp³-hybridized carbons (Fsp3) is 0.636. The van der Waals surface area contributed by atoms with Gasteiger partial charge in [-0.1, -0.05) is 11.6 Å². The minimum absolute atomic E-state index is 0.0411. The molecule has 8 nitrogen and oxygen atoms in total. The quantitative estimate of drug-likeness (QED) is 0.622. The van der Waals surface area contributed by atoms with Crippen LogP contribution >= 0.6 is 11.6 Å². The molecule has 0 saturated carbocycles. The topological polar surface area (TPSA) is 110 Å². The summed E-state index contributed by atoms with van der Waals surface area (Å²) in [6.07, 6.45) is 1.77. The minimum atomic E-state index is -3.48. The highest BCUT2D eigenvalue weighted by Gasteiger charge is 2.09. The Morgan fingerprint density at radius 2 is 2.14 bits per heavy atom. The predicted molar refractivity (Wildman–Crippen MR) is 83.1 cm³/mol. The zero-order valence-corrected chi connectivity index (χ0v) is 13.6. The van der Waals surface area contributed by atoms with Crippen molar-refractivity contribution in [2.24, 2.45) is 5.14 Å². The van der Waals surface area contributed by atoms with Crippen LogP contribution in [0.1, 0.15) is 6.42 Å². The van der Waals surface area contributed by atoms with E-state index in [2.05, 4.69) is 10.4 Å². The summed E-state index contributed by atoms with van der Waals surface area (Å²) in [6.45, 7) is 1.45. The molecular weight excluding hydrogens is 318 g/mol. The van der Waals surface area contributed by atoms with Gasteiger partial charge in [-0.2, -0.15) is 5.10 Å². The Labute approximate surface area is 128 Å². The standard InChI is InChI=1S/C11H20ClN5O3S/c1-16(2)5-6-17-11(18)10(12)9(8-15-17)14-4-3-7-21(13,19)20/h8,14H,3-7H2,1-2H3,(H2,13,19,20). The fourth-order valence-electron chi connectivity index (χ4n) is 1.54. The third-order valence-electron chi connectivity index (χ3n) is 2.66. The number of nitrogens with one attached hydrogen (secondary N) is 1. The van der Waals surface area contributed by atoms with Crippen LogP contribution in [0, 0.1) is 0 Å². The molecule has 1 rings (SSSR count). The molecule has 0 fully saturated rings. The Balaban J connectivity index is 2.65. The van der Waals surface area contributed by atoms with Crippen LogP contribution in [0.4, 0.5) is 5.69 Å². The summed E-state index contributed by atoms with van der Waals surface area (Å²) in [5.41, 5.74) is 0.00662. The van der Waals surface area contributed by atoms with E-state index in [9.17, 15) is 13.2 Å². The van der Waals surface area contributed by atoms with Crippen molar-refractivity contribution >= 4 is 27.3 Å². The largest absolute Gasteiger partial charge is 0.382 e. The summed E-state index contributed by atoms with van der Waals surface area (Å²) in [6, 6.07) is 0. The Bertz CT molecular complexity index is 629. The van der Waals surface area contributed by atoms with Crippen LogP contribution in [0.3, 0.4) is 0 Å². The number of likely N-dealkylation sites (N-methyl/N-ethyl adjacent to an activating group) is 1. The molecule has 1 aromatic rings. The van der Waals surface area contributed by atoms with Crippen LogP contribution in [0.2, 0.25) is 5.02 Å². The summed E-state index contributed by atoms with van der Waals surface area (Å²) in [5.74, 6) is -0.134. The van der Waals surface area contributed by atoms with Crippen molar-refractivity contribution < 1.29 is 8.42 Å². The average Bonchev–Trinajstić information content (AvgIpc) is 2.37. The number of aromatic nitrogens is 2. The average molecular weight is 338 g/mol. The third-order valence-corrected chi connectivity index (χ3v) is 3.89. The molecule has 0 unspecified atom stereocenters. The van der Waals surface area contributed by atoms with E-state index < -0.39 is 10.0 Å². The maximum atomic E-state index is 12.0. The Morgan fingerprint density at radius 1 is 1.48 bits per heavy atom. The molecule has 0 atom stereocenters. The Morgan fingerprint density at radius 3 is 2.71 bits per heavy atom. The molecule has 21 heavy (non-hydrogen) atoms. The molecule has 0 saturated heterocycles. The molecule has 0 aliphatic heterocycles. The van der Waals surface area contributed by atoms with Crippen LogP contribution in [-0.4, -0.2) is 56.0 Å². The SMILES string of the molecule is CN(C)CCn1ncc(NCCCS(N)(=O)=O)c(Cl)c1=O. The van der Waals surface area contributed by atoms with Crippen LogP contribution in [0.25, 0.3) is 0 Å². The fourth-order valence-corrected chi connectivity index (χ4v) is 2.30. The molecule has 3 N–H and O–H groups in total. The highest BCUT2D eigenvalue weighted by Crippen LogP contribution is 2.14. The van der Waals surface area contributed by atoms with Gasteiger partial charge in [0.1, 0.15) is 5.02 Å². The van der Waals surface area contributed by atoms with Gasteiger partial charge in [-0.15, -0.1) is 0 Å². The second-order valence-corrected chi connectivity index (χ2v) is 6.96. The molecule has 0 spiro atoms. The van der Waals surface area contributed by atoms with Gasteiger partial charge in [0.05, 0.1) is 24.2 Å². The zero-order valence-electron chi connectivity index (χ0n) is 12.0. The monoisotopic (exact) mass is 337 g/mol. The van der Waals surface area contributed by atoms with E-state index >= 15 is 0 Å². The van der Waals surface area contributed by atoms with E-state index in [4.69, 9.17) is 16.7 Å². The van der Waals surface area contributed by atoms with E-state index in [1.165, 1.54) is 10.9 Å². The first kappa shape index (κ1) is 17.9. The number of nitrogens with two attached hydrogens (primary N) is 1. The van der Waals surface area contributed by atoms with E-state index in [1.54, 1.807) is 0 Å². The van der Waals surface area contributed by atoms with Gasteiger partial charge in [-0.25, -0.2) is 18.2 Å². The maximum Gasteiger partial charge on any atom is 0.287 e. The van der Waals surface area contributed by atoms with Crippen molar-refractivity contribution in [2.75, 3.05) is 38.3 Å². The van der Waals surface area contributed by atoms with Gasteiger partial charge in [0, 0.05) is 13.1 Å². The van der Waals surface area contributed by atoms with Crippen LogP contribution < -0.4 is 16.0 Å². The van der Waals surface area contributed by atoms with Crippen molar-refractivity contribution in [1.29, 1.82) is 0 Å². The molecule has 120 valence electrons. The smallest absolute Gasteiger partial charge is 0.287 e. The number of nitrogens with zero attached hydrogens (tertiary/aromatic N) is 3. The molecule has 10 heteroatoms. The highest BCUT2D eigenvalue weighted by atomic mass is 35.5. The predicted octanol–water partition coefficient (Wildman–Crippen LogP) is -0.451. The van der Waals surface area contributed by atoms with Gasteiger partial charge in [0.25, 0.3) is 5.56 Å². The van der Waals surface area contributed by atoms with Gasteiger partial charge in [-0.05, 0) is 20.5 Å². The number of halogens is 1. The summed E-state index contributed by atoms with van der Waals surface area (Å²) in [5, 5.41) is 11.8. The first-order chi connectivity index (χ1) is 9.70. The van der Waals surface area contributed by atoms with Gasteiger partial charge in [-0.3, -0.25) is 4.79 Å². The lowest BCUT2D eigenvalue weighted by molar-refractivity contribution is 0.367. The van der Waals surface area contributed by atoms with E-state index in [-0.39, 0.29) is 16.3 Å². The minimum Gasteiger partial charge on any atom is -0.382 e. The number of sulfonamides is 1. The normalized spacial score (nSPS) is 11.9. The van der Waals surface area contributed by atoms with Crippen molar-refractivity contribution in [1.82, 2.24) is 14.7 Å². The first-order valence-electron chi connectivity index (χ1n) is 6.35. The van der Waals surface area contributed by atoms with Gasteiger partial charge in [0.2, 0.25) is 10.0 Å². The number of anilines is 1. The molecule has 0 bridgehead atoms. The van der Waals surface area contributed by atoms with Gasteiger partial charge < -0.3 is 10.2 Å². The number of hydrogen-bond acceptors (Lipinski definition) is 6. The maximum absolute atomic E-state index is 12.0. The molecule has 0 amide bonds. The van der Waals surface area contributed by atoms with Crippen molar-refractivity contribution in [3.05, 3.63) is 21.6 Å². The second-order valence-electron chi connectivity index (χ2n) is 4.85. The number of primary sulfonamides is 1. The molecule has 1 aromatic heterocycles. The molecule has 0 radical (unpaired) electrons. The summed E-state index contributed by atoms with van der Waals surface area (Å²) < 4.78 is 22.9. The molecule has 0 aromatic carbocycles. The van der Waals surface area contributed by atoms with Crippen LogP contribution in [-0.2, 0) is 16.6 Å². The Hall–Kier alpha value is -1.16. The van der Waals surface area contributed by atoms with Crippen molar-refractivity contribution in [3.63, 3.8) is 0 Å². The summed E-state index contributed by atoms with van der Waals surface area (Å²) in [4.78, 5) is 13.9. The molecular formula is C11H20ClN5O3S. The summed E-state index contributed by atoms with van der Waals surface area (Å²) in [7, 11) is 0.316. The second kappa shape index (κ2) is 7.74. The number of rotatable bonds is 8. The van der Waals surface area contributed by atoms with Crippen LogP contribution in [0.15, 0.2) is 11.0 Å². The number of hydrogen-bond donors (Lipinski definition) is 2.